The van der Waals surface area contributed by atoms with Gasteiger partial charge in [0.2, 0.25) is 0 Å². The first kappa shape index (κ1) is 14.2. The van der Waals surface area contributed by atoms with Crippen LogP contribution in [-0.2, 0) is 6.42 Å². The fourth-order valence-electron chi connectivity index (χ4n) is 3.70. The lowest BCUT2D eigenvalue weighted by Gasteiger charge is -2.31. The summed E-state index contributed by atoms with van der Waals surface area (Å²) in [5, 5.41) is 16.8. The van der Waals surface area contributed by atoms with Crippen molar-refractivity contribution in [2.45, 2.75) is 6.42 Å². The van der Waals surface area contributed by atoms with Crippen molar-refractivity contribution in [3.8, 4) is 11.5 Å². The van der Waals surface area contributed by atoms with Crippen LogP contribution < -0.4 is 9.90 Å². The van der Waals surface area contributed by atoms with E-state index in [0.29, 0.717) is 6.54 Å². The monoisotopic (exact) mass is 327 g/mol. The van der Waals surface area contributed by atoms with Crippen molar-refractivity contribution < 1.29 is 9.94 Å². The third-order valence-electron chi connectivity index (χ3n) is 4.90. The molecule has 0 saturated heterocycles. The molecular formula is C22H17NO2. The Bertz CT molecular complexity index is 1100. The van der Waals surface area contributed by atoms with E-state index in [1.54, 1.807) is 6.07 Å². The Labute approximate surface area is 145 Å². The number of fused-ring (bicyclic) bond motifs is 4. The van der Waals surface area contributed by atoms with E-state index in [0.717, 1.165) is 28.6 Å². The van der Waals surface area contributed by atoms with Gasteiger partial charge in [0.05, 0.1) is 6.54 Å². The van der Waals surface area contributed by atoms with Crippen LogP contribution in [0.5, 0.6) is 11.5 Å². The third-order valence-corrected chi connectivity index (χ3v) is 4.90. The summed E-state index contributed by atoms with van der Waals surface area (Å²) < 4.78 is 0. The van der Waals surface area contributed by atoms with Crippen molar-refractivity contribution in [1.82, 2.24) is 0 Å². The Morgan fingerprint density at radius 2 is 1.44 bits per heavy atom. The Morgan fingerprint density at radius 3 is 2.28 bits per heavy atom. The van der Waals surface area contributed by atoms with Gasteiger partial charge in [-0.3, -0.25) is 0 Å². The molecule has 3 heteroatoms. The summed E-state index contributed by atoms with van der Waals surface area (Å²) >= 11 is 0. The summed E-state index contributed by atoms with van der Waals surface area (Å²) in [6.07, 6.45) is 0.874. The van der Waals surface area contributed by atoms with Gasteiger partial charge in [0, 0.05) is 10.9 Å². The predicted octanol–water partition coefficient (Wildman–Crippen LogP) is 5.06. The van der Waals surface area contributed by atoms with E-state index in [1.807, 2.05) is 41.5 Å². The summed E-state index contributed by atoms with van der Waals surface area (Å²) in [5.41, 5.74) is 1.96. The first-order valence-corrected chi connectivity index (χ1v) is 8.48. The average Bonchev–Trinajstić information content (AvgIpc) is 2.67. The standard InChI is InChI=1S/C22H17NO2/c24-20-11-9-16-6-2-4-8-18(16)22(20)23-14-13-19-17-7-3-1-5-15(17)10-12-21(19)25-23/h1-12,24H,13-14H2. The molecule has 25 heavy (non-hydrogen) atoms. The lowest BCUT2D eigenvalue weighted by Crippen LogP contribution is -2.34. The second-order valence-electron chi connectivity index (χ2n) is 6.36. The Kier molecular flexibility index (Phi) is 3.07. The van der Waals surface area contributed by atoms with Crippen LogP contribution in [0.1, 0.15) is 5.56 Å². The molecule has 3 nitrogen and oxygen atoms in total. The van der Waals surface area contributed by atoms with Crippen LogP contribution in [0.4, 0.5) is 5.69 Å². The van der Waals surface area contributed by atoms with Gasteiger partial charge in [-0.15, -0.1) is 0 Å². The van der Waals surface area contributed by atoms with Gasteiger partial charge in [0.15, 0.2) is 5.75 Å². The molecule has 5 rings (SSSR count). The minimum Gasteiger partial charge on any atom is -0.506 e. The maximum absolute atomic E-state index is 10.5. The van der Waals surface area contributed by atoms with Crippen LogP contribution in [0, 0.1) is 0 Å². The average molecular weight is 327 g/mol. The fourth-order valence-corrected chi connectivity index (χ4v) is 3.70. The van der Waals surface area contributed by atoms with E-state index in [1.165, 1.54) is 16.3 Å². The minimum absolute atomic E-state index is 0.239. The van der Waals surface area contributed by atoms with E-state index in [4.69, 9.17) is 4.84 Å². The molecule has 0 spiro atoms. The number of phenolic OH excluding ortho intramolecular Hbond substituents is 1. The molecule has 4 aromatic rings. The molecule has 1 heterocycles. The van der Waals surface area contributed by atoms with Gasteiger partial charge >= 0.3 is 0 Å². The molecule has 1 aliphatic rings. The number of phenols is 1. The lowest BCUT2D eigenvalue weighted by atomic mass is 10.00. The summed E-state index contributed by atoms with van der Waals surface area (Å²) in [7, 11) is 0. The normalized spacial score (nSPS) is 13.7. The molecule has 1 N–H and O–H groups in total. The quantitative estimate of drug-likeness (QED) is 0.531. The first-order chi connectivity index (χ1) is 12.3. The number of nitrogens with zero attached hydrogens (tertiary/aromatic N) is 1. The zero-order valence-corrected chi connectivity index (χ0v) is 13.6. The molecule has 122 valence electrons. The summed E-state index contributed by atoms with van der Waals surface area (Å²) in [4.78, 5) is 6.19. The van der Waals surface area contributed by atoms with Gasteiger partial charge in [-0.05, 0) is 34.7 Å². The van der Waals surface area contributed by atoms with Gasteiger partial charge in [-0.1, -0.05) is 60.7 Å². The molecule has 0 atom stereocenters. The molecule has 0 amide bonds. The smallest absolute Gasteiger partial charge is 0.159 e. The van der Waals surface area contributed by atoms with Crippen LogP contribution in [0.3, 0.4) is 0 Å². The maximum Gasteiger partial charge on any atom is 0.159 e. The van der Waals surface area contributed by atoms with Crippen LogP contribution in [0.15, 0.2) is 72.8 Å². The minimum atomic E-state index is 0.239. The lowest BCUT2D eigenvalue weighted by molar-refractivity contribution is 0.259. The van der Waals surface area contributed by atoms with Crippen molar-refractivity contribution in [1.29, 1.82) is 0 Å². The largest absolute Gasteiger partial charge is 0.506 e. The number of hydrogen-bond acceptors (Lipinski definition) is 3. The number of benzene rings is 4. The van der Waals surface area contributed by atoms with Crippen LogP contribution in [-0.4, -0.2) is 11.7 Å². The summed E-state index contributed by atoms with van der Waals surface area (Å²) in [6, 6.07) is 24.2. The van der Waals surface area contributed by atoms with Gasteiger partial charge in [-0.2, -0.15) is 0 Å². The van der Waals surface area contributed by atoms with E-state index in [9.17, 15) is 5.11 Å². The van der Waals surface area contributed by atoms with Crippen molar-refractivity contribution >= 4 is 27.2 Å². The highest BCUT2D eigenvalue weighted by Gasteiger charge is 2.23. The van der Waals surface area contributed by atoms with Crippen molar-refractivity contribution in [2.24, 2.45) is 0 Å². The highest BCUT2D eigenvalue weighted by molar-refractivity contribution is 5.97. The number of hydroxylamine groups is 1. The van der Waals surface area contributed by atoms with Crippen LogP contribution in [0.25, 0.3) is 21.5 Å². The Morgan fingerprint density at radius 1 is 0.760 bits per heavy atom. The van der Waals surface area contributed by atoms with E-state index >= 15 is 0 Å². The molecule has 0 bridgehead atoms. The van der Waals surface area contributed by atoms with E-state index < -0.39 is 0 Å². The van der Waals surface area contributed by atoms with Crippen molar-refractivity contribution in [3.63, 3.8) is 0 Å². The molecule has 0 saturated carbocycles. The Hall–Kier alpha value is -3.20. The van der Waals surface area contributed by atoms with Crippen LogP contribution in [0.2, 0.25) is 0 Å². The zero-order chi connectivity index (χ0) is 16.8. The highest BCUT2D eigenvalue weighted by Crippen LogP contribution is 2.39. The maximum atomic E-state index is 10.5. The second-order valence-corrected chi connectivity index (χ2v) is 6.36. The highest BCUT2D eigenvalue weighted by atomic mass is 16.7. The first-order valence-electron chi connectivity index (χ1n) is 8.48. The summed E-state index contributed by atoms with van der Waals surface area (Å²) in [5.74, 6) is 1.10. The van der Waals surface area contributed by atoms with Crippen molar-refractivity contribution in [2.75, 3.05) is 11.6 Å². The number of aromatic hydroxyl groups is 1. The SMILES string of the molecule is Oc1ccc2ccccc2c1N1CCc2c(ccc3ccccc23)O1. The fraction of sp³-hybridized carbons (Fsp3) is 0.0909. The van der Waals surface area contributed by atoms with E-state index in [2.05, 4.69) is 30.3 Å². The molecule has 0 aliphatic carbocycles. The number of anilines is 1. The van der Waals surface area contributed by atoms with Gasteiger partial charge in [-0.25, -0.2) is 5.06 Å². The van der Waals surface area contributed by atoms with Crippen LogP contribution >= 0.6 is 0 Å². The Balaban J connectivity index is 1.63. The molecule has 0 aromatic heterocycles. The molecule has 4 aromatic carbocycles. The van der Waals surface area contributed by atoms with Gasteiger partial charge in [0.1, 0.15) is 11.4 Å². The van der Waals surface area contributed by atoms with Crippen molar-refractivity contribution in [3.05, 3.63) is 78.4 Å². The molecule has 0 fully saturated rings. The summed E-state index contributed by atoms with van der Waals surface area (Å²) in [6.45, 7) is 0.697. The molecule has 0 unspecified atom stereocenters. The topological polar surface area (TPSA) is 32.7 Å². The molecule has 1 aliphatic heterocycles. The third kappa shape index (κ3) is 2.20. The number of rotatable bonds is 1. The molecular weight excluding hydrogens is 310 g/mol. The predicted molar refractivity (Wildman–Crippen MR) is 101 cm³/mol. The second kappa shape index (κ2) is 5.42. The number of hydrogen-bond donors (Lipinski definition) is 1. The van der Waals surface area contributed by atoms with Gasteiger partial charge < -0.3 is 9.94 Å². The van der Waals surface area contributed by atoms with Gasteiger partial charge in [0.25, 0.3) is 0 Å². The van der Waals surface area contributed by atoms with E-state index in [-0.39, 0.29) is 5.75 Å². The molecule has 0 radical (unpaired) electrons. The zero-order valence-electron chi connectivity index (χ0n) is 13.6.